The van der Waals surface area contributed by atoms with Gasteiger partial charge in [-0.05, 0) is 62.6 Å². The first kappa shape index (κ1) is 22.7. The molecule has 3 rings (SSSR count). The maximum Gasteiger partial charge on any atom is 0.319 e. The molecule has 1 aliphatic rings. The number of halogens is 1. The van der Waals surface area contributed by atoms with Gasteiger partial charge in [0.15, 0.2) is 5.96 Å². The lowest BCUT2D eigenvalue weighted by Crippen LogP contribution is -2.49. The van der Waals surface area contributed by atoms with Gasteiger partial charge < -0.3 is 21.7 Å². The zero-order valence-corrected chi connectivity index (χ0v) is 18.8. The topological polar surface area (TPSA) is 104 Å². The van der Waals surface area contributed by atoms with Crippen molar-refractivity contribution in [2.45, 2.75) is 39.4 Å². The molecule has 0 aliphatic carbocycles. The zero-order valence-electron chi connectivity index (χ0n) is 18.0. The highest BCUT2D eigenvalue weighted by Crippen LogP contribution is 2.27. The van der Waals surface area contributed by atoms with Crippen molar-refractivity contribution in [3.63, 3.8) is 0 Å². The summed E-state index contributed by atoms with van der Waals surface area (Å²) < 4.78 is 0. The minimum absolute atomic E-state index is 0.0833. The molecule has 8 heteroatoms. The first-order valence-electron chi connectivity index (χ1n) is 10.3. The Labute approximate surface area is 188 Å². The molecule has 0 spiro atoms. The smallest absolute Gasteiger partial charge is 0.319 e. The molecule has 2 amide bonds. The molecule has 1 aliphatic heterocycles. The van der Waals surface area contributed by atoms with E-state index in [-0.39, 0.29) is 18.2 Å². The Morgan fingerprint density at radius 2 is 2.03 bits per heavy atom. The van der Waals surface area contributed by atoms with Crippen molar-refractivity contribution in [3.8, 4) is 0 Å². The molecule has 2 aromatic carbocycles. The Morgan fingerprint density at radius 3 is 2.81 bits per heavy atom. The summed E-state index contributed by atoms with van der Waals surface area (Å²) in [7, 11) is 0. The summed E-state index contributed by atoms with van der Waals surface area (Å²) in [5.41, 5.74) is 10.6. The monoisotopic (exact) mass is 440 g/mol. The number of hydrogen-bond acceptors (Lipinski definition) is 5. The van der Waals surface area contributed by atoms with Gasteiger partial charge in [0.05, 0.1) is 5.70 Å². The van der Waals surface area contributed by atoms with Crippen molar-refractivity contribution in [1.29, 1.82) is 0 Å². The van der Waals surface area contributed by atoms with Gasteiger partial charge in [0.2, 0.25) is 0 Å². The van der Waals surface area contributed by atoms with Gasteiger partial charge in [-0.15, -0.1) is 0 Å². The Balaban J connectivity index is 1.60. The van der Waals surface area contributed by atoms with Crippen LogP contribution in [0, 0.1) is 6.92 Å². The lowest BCUT2D eigenvalue weighted by molar-refractivity contribution is 0.250. The van der Waals surface area contributed by atoms with Crippen LogP contribution in [-0.2, 0) is 6.42 Å². The summed E-state index contributed by atoms with van der Waals surface area (Å²) in [6.07, 6.45) is 2.64. The van der Waals surface area contributed by atoms with Crippen LogP contribution in [0.1, 0.15) is 30.5 Å². The van der Waals surface area contributed by atoms with Gasteiger partial charge in [0.1, 0.15) is 6.17 Å². The molecular formula is C23H29ClN6O. The van der Waals surface area contributed by atoms with E-state index in [1.165, 1.54) is 0 Å². The molecule has 0 saturated carbocycles. The molecule has 6 N–H and O–H groups in total. The zero-order chi connectivity index (χ0) is 22.4. The molecule has 1 unspecified atom stereocenters. The number of carbonyl (C=O) groups is 1. The molecule has 0 aromatic heterocycles. The fourth-order valence-electron chi connectivity index (χ4n) is 3.31. The molecule has 31 heavy (non-hydrogen) atoms. The van der Waals surface area contributed by atoms with Crippen molar-refractivity contribution in [3.05, 3.63) is 70.3 Å². The first-order chi connectivity index (χ1) is 14.8. The highest BCUT2D eigenvalue weighted by Gasteiger charge is 2.16. The number of nitrogens with two attached hydrogens (primary N) is 1. The van der Waals surface area contributed by atoms with Crippen LogP contribution in [0.5, 0.6) is 0 Å². The van der Waals surface area contributed by atoms with E-state index in [1.54, 1.807) is 0 Å². The van der Waals surface area contributed by atoms with Crippen LogP contribution in [0.15, 0.2) is 53.5 Å². The molecule has 0 fully saturated rings. The third-order valence-corrected chi connectivity index (χ3v) is 5.20. The lowest BCUT2D eigenvalue weighted by Gasteiger charge is -2.23. The number of hydrogen-bond donors (Lipinski definition) is 5. The van der Waals surface area contributed by atoms with Crippen LogP contribution in [0.25, 0.3) is 5.70 Å². The van der Waals surface area contributed by atoms with Crippen molar-refractivity contribution in [1.82, 2.24) is 16.0 Å². The van der Waals surface area contributed by atoms with E-state index >= 15 is 0 Å². The number of nitrogens with one attached hydrogen (secondary N) is 4. The highest BCUT2D eigenvalue weighted by molar-refractivity contribution is 6.31. The van der Waals surface area contributed by atoms with E-state index in [4.69, 9.17) is 17.3 Å². The first-order valence-corrected chi connectivity index (χ1v) is 10.7. The highest BCUT2D eigenvalue weighted by atomic mass is 35.5. The van der Waals surface area contributed by atoms with Crippen molar-refractivity contribution in [2.75, 3.05) is 11.9 Å². The fourth-order valence-corrected chi connectivity index (χ4v) is 3.48. The maximum absolute atomic E-state index is 11.9. The van der Waals surface area contributed by atoms with Crippen LogP contribution < -0.4 is 27.0 Å². The average Bonchev–Trinajstić information content (AvgIpc) is 2.69. The predicted octanol–water partition coefficient (Wildman–Crippen LogP) is 3.60. The van der Waals surface area contributed by atoms with Gasteiger partial charge in [0.25, 0.3) is 0 Å². The normalized spacial score (nSPS) is 15.7. The van der Waals surface area contributed by atoms with Crippen molar-refractivity contribution in [2.24, 2.45) is 10.7 Å². The number of guanidine groups is 1. The number of benzene rings is 2. The van der Waals surface area contributed by atoms with Gasteiger partial charge >= 0.3 is 6.03 Å². The van der Waals surface area contributed by atoms with E-state index in [0.717, 1.165) is 34.5 Å². The van der Waals surface area contributed by atoms with E-state index in [2.05, 4.69) is 26.3 Å². The van der Waals surface area contributed by atoms with Crippen LogP contribution in [-0.4, -0.2) is 30.7 Å². The molecule has 1 atom stereocenters. The summed E-state index contributed by atoms with van der Waals surface area (Å²) >= 11 is 6.26. The van der Waals surface area contributed by atoms with E-state index in [0.29, 0.717) is 17.5 Å². The average molecular weight is 441 g/mol. The SMILES string of the molecule is Cc1c(Cl)cccc1C1=CC(NCCc2cccc(NC(=O)NC(C)C)c2)NC(N)=N1. The second-order valence-electron chi connectivity index (χ2n) is 7.74. The Kier molecular flexibility index (Phi) is 7.55. The third-order valence-electron chi connectivity index (χ3n) is 4.80. The summed E-state index contributed by atoms with van der Waals surface area (Å²) in [6.45, 7) is 6.53. The molecular weight excluding hydrogens is 412 g/mol. The molecule has 0 radical (unpaired) electrons. The molecule has 7 nitrogen and oxygen atoms in total. The lowest BCUT2D eigenvalue weighted by atomic mass is 10.0. The fraction of sp³-hybridized carbons (Fsp3) is 0.304. The van der Waals surface area contributed by atoms with Crippen LogP contribution in [0.3, 0.4) is 0 Å². The summed E-state index contributed by atoms with van der Waals surface area (Å²) in [5.74, 6) is 0.358. The minimum atomic E-state index is -0.208. The van der Waals surface area contributed by atoms with Crippen molar-refractivity contribution < 1.29 is 4.79 Å². The van der Waals surface area contributed by atoms with Crippen LogP contribution >= 0.6 is 11.6 Å². The van der Waals surface area contributed by atoms with E-state index < -0.39 is 0 Å². The number of amides is 2. The predicted molar refractivity (Wildman–Crippen MR) is 128 cm³/mol. The summed E-state index contributed by atoms with van der Waals surface area (Å²) in [4.78, 5) is 16.3. The Bertz CT molecular complexity index is 1000. The molecule has 164 valence electrons. The summed E-state index contributed by atoms with van der Waals surface area (Å²) in [6, 6.07) is 13.4. The standard InChI is InChI=1S/C23H29ClN6O/c1-14(2)27-23(31)28-17-7-4-6-16(12-17)10-11-26-21-13-20(29-22(25)30-21)18-8-5-9-19(24)15(18)3/h4-9,12-14,21,26H,10-11H2,1-3H3,(H3,25,29,30)(H2,27,28,31). The third kappa shape index (κ3) is 6.47. The molecule has 2 aromatic rings. The number of rotatable bonds is 7. The van der Waals surface area contributed by atoms with Crippen LogP contribution in [0.2, 0.25) is 5.02 Å². The Hall–Kier alpha value is -3.03. The summed E-state index contributed by atoms with van der Waals surface area (Å²) in [5, 5.41) is 12.9. The van der Waals surface area contributed by atoms with Gasteiger partial charge in [0, 0.05) is 28.9 Å². The molecule has 0 bridgehead atoms. The molecule has 0 saturated heterocycles. The van der Waals surface area contributed by atoms with E-state index in [1.807, 2.05) is 69.3 Å². The number of aliphatic imine (C=N–C) groups is 1. The number of nitrogens with zero attached hydrogens (tertiary/aromatic N) is 1. The van der Waals surface area contributed by atoms with Gasteiger partial charge in [-0.25, -0.2) is 9.79 Å². The van der Waals surface area contributed by atoms with E-state index in [9.17, 15) is 4.79 Å². The van der Waals surface area contributed by atoms with Gasteiger partial charge in [-0.3, -0.25) is 5.32 Å². The van der Waals surface area contributed by atoms with Gasteiger partial charge in [-0.2, -0.15) is 0 Å². The second-order valence-corrected chi connectivity index (χ2v) is 8.15. The van der Waals surface area contributed by atoms with Gasteiger partial charge in [-0.1, -0.05) is 35.9 Å². The minimum Gasteiger partial charge on any atom is -0.370 e. The largest absolute Gasteiger partial charge is 0.370 e. The van der Waals surface area contributed by atoms with Crippen LogP contribution in [0.4, 0.5) is 10.5 Å². The molecule has 1 heterocycles. The maximum atomic E-state index is 11.9. The quantitative estimate of drug-likeness (QED) is 0.453. The number of urea groups is 1. The number of anilines is 1. The Morgan fingerprint density at radius 1 is 1.26 bits per heavy atom. The van der Waals surface area contributed by atoms with Crippen molar-refractivity contribution >= 4 is 35.0 Å². The number of carbonyl (C=O) groups excluding carboxylic acids is 1. The second kappa shape index (κ2) is 10.3.